The predicted octanol–water partition coefficient (Wildman–Crippen LogP) is -2.23. The van der Waals surface area contributed by atoms with Gasteiger partial charge in [0, 0.05) is 0 Å². The molecule has 1 aliphatic rings. The number of halogens is 2. The molecule has 3 atom stereocenters. The summed E-state index contributed by atoms with van der Waals surface area (Å²) in [6, 6.07) is 0. The van der Waals surface area contributed by atoms with Crippen LogP contribution >= 0.6 is 23.2 Å². The maximum atomic E-state index is 12.3. The Morgan fingerprint density at radius 1 is 0.957 bits per heavy atom. The van der Waals surface area contributed by atoms with Crippen LogP contribution in [0.2, 0.25) is 0 Å². The monoisotopic (exact) mass is 369 g/mol. The van der Waals surface area contributed by atoms with E-state index in [1.807, 2.05) is 0 Å². The summed E-state index contributed by atoms with van der Waals surface area (Å²) < 4.78 is 7.29. The fraction of sp³-hybridized carbons (Fsp3) is 0.750. The van der Waals surface area contributed by atoms with Crippen LogP contribution in [0.5, 0.6) is 0 Å². The first-order chi connectivity index (χ1) is 10.9. The number of rotatable bonds is 8. The lowest BCUT2D eigenvalue weighted by Gasteiger charge is -2.16. The van der Waals surface area contributed by atoms with Gasteiger partial charge in [-0.25, -0.2) is 28.1 Å². The largest absolute Gasteiger partial charge is 0.390 e. The second-order valence-electron chi connectivity index (χ2n) is 5.25. The Morgan fingerprint density at radius 2 is 1.35 bits per heavy atom. The summed E-state index contributed by atoms with van der Waals surface area (Å²) in [6.45, 7) is -0.306. The van der Waals surface area contributed by atoms with Crippen molar-refractivity contribution < 1.29 is 14.9 Å². The molecule has 0 saturated carbocycles. The molecule has 0 aromatic carbocycles. The number of aromatic nitrogens is 3. The molecule has 1 aromatic rings. The molecule has 3 unspecified atom stereocenters. The average molecular weight is 370 g/mol. The van der Waals surface area contributed by atoms with Crippen LogP contribution in [0.4, 0.5) is 0 Å². The maximum absolute atomic E-state index is 12.3. The average Bonchev–Trinajstić information content (AvgIpc) is 3.35. The predicted molar refractivity (Wildman–Crippen MR) is 82.4 cm³/mol. The second kappa shape index (κ2) is 7.63. The minimum absolute atomic E-state index is 0.00805. The Balaban J connectivity index is 2.55. The molecule has 1 saturated heterocycles. The third-order valence-corrected chi connectivity index (χ3v) is 4.03. The molecule has 23 heavy (non-hydrogen) atoms. The third kappa shape index (κ3) is 4.24. The van der Waals surface area contributed by atoms with Crippen LogP contribution in [-0.2, 0) is 24.4 Å². The molecular weight excluding hydrogens is 353 g/mol. The van der Waals surface area contributed by atoms with Gasteiger partial charge in [0.05, 0.1) is 56.3 Å². The lowest BCUT2D eigenvalue weighted by molar-refractivity contribution is 0.158. The molecule has 1 fully saturated rings. The molecule has 9 nitrogen and oxygen atoms in total. The number of hydrogen-bond donors (Lipinski definition) is 2. The molecule has 0 spiro atoms. The van der Waals surface area contributed by atoms with Gasteiger partial charge >= 0.3 is 17.1 Å². The van der Waals surface area contributed by atoms with E-state index >= 15 is 0 Å². The quantitative estimate of drug-likeness (QED) is 0.395. The minimum Gasteiger partial charge on any atom is -0.390 e. The molecule has 1 aliphatic heterocycles. The number of aliphatic hydroxyl groups excluding tert-OH is 2. The van der Waals surface area contributed by atoms with E-state index < -0.39 is 29.3 Å². The van der Waals surface area contributed by atoms with Crippen LogP contribution in [0.25, 0.3) is 0 Å². The van der Waals surface area contributed by atoms with Gasteiger partial charge in [-0.2, -0.15) is 0 Å². The Bertz CT molecular complexity index is 673. The van der Waals surface area contributed by atoms with Crippen molar-refractivity contribution in [1.82, 2.24) is 13.7 Å². The van der Waals surface area contributed by atoms with Crippen molar-refractivity contribution in [3.05, 3.63) is 31.5 Å². The van der Waals surface area contributed by atoms with Crippen molar-refractivity contribution >= 4 is 23.2 Å². The van der Waals surface area contributed by atoms with E-state index in [-0.39, 0.29) is 37.5 Å². The van der Waals surface area contributed by atoms with Gasteiger partial charge in [-0.05, 0) is 0 Å². The van der Waals surface area contributed by atoms with Gasteiger partial charge in [0.15, 0.2) is 0 Å². The number of aliphatic hydroxyl groups is 2. The lowest BCUT2D eigenvalue weighted by Crippen LogP contribution is -2.56. The van der Waals surface area contributed by atoms with Crippen molar-refractivity contribution in [1.29, 1.82) is 0 Å². The van der Waals surface area contributed by atoms with Crippen LogP contribution in [0.15, 0.2) is 14.4 Å². The van der Waals surface area contributed by atoms with Gasteiger partial charge < -0.3 is 14.9 Å². The van der Waals surface area contributed by atoms with Crippen molar-refractivity contribution in [2.24, 2.45) is 0 Å². The molecule has 130 valence electrons. The highest BCUT2D eigenvalue weighted by Gasteiger charge is 2.27. The first kappa shape index (κ1) is 18.2. The lowest BCUT2D eigenvalue weighted by atomic mass is 10.4. The second-order valence-corrected chi connectivity index (χ2v) is 5.87. The SMILES string of the molecule is O=c1n(CC(O)CCl)c(=O)n(CC2CO2)c(=O)n1CC(O)CCl. The van der Waals surface area contributed by atoms with Gasteiger partial charge in [0.25, 0.3) is 0 Å². The summed E-state index contributed by atoms with van der Waals surface area (Å²) in [5.41, 5.74) is -2.63. The Labute approximate surface area is 140 Å². The molecule has 0 radical (unpaired) electrons. The van der Waals surface area contributed by atoms with Crippen molar-refractivity contribution in [3.63, 3.8) is 0 Å². The van der Waals surface area contributed by atoms with E-state index in [4.69, 9.17) is 27.9 Å². The zero-order valence-corrected chi connectivity index (χ0v) is 13.6. The fourth-order valence-electron chi connectivity index (χ4n) is 2.05. The van der Waals surface area contributed by atoms with Crippen LogP contribution in [0.1, 0.15) is 0 Å². The standard InChI is InChI=1S/C12H17Cl2N3O6/c13-1-7(18)3-15-10(20)16(4-8(19)2-14)12(22)17(11(15)21)5-9-6-23-9/h7-9,18-19H,1-6H2. The number of nitrogens with zero attached hydrogens (tertiary/aromatic N) is 3. The van der Waals surface area contributed by atoms with Crippen LogP contribution in [0.3, 0.4) is 0 Å². The summed E-state index contributed by atoms with van der Waals surface area (Å²) in [5, 5.41) is 19.2. The highest BCUT2D eigenvalue weighted by molar-refractivity contribution is 6.18. The van der Waals surface area contributed by atoms with Crippen LogP contribution < -0.4 is 17.1 Å². The highest BCUT2D eigenvalue weighted by atomic mass is 35.5. The highest BCUT2D eigenvalue weighted by Crippen LogP contribution is 2.09. The summed E-state index contributed by atoms with van der Waals surface area (Å²) in [5.74, 6) is -0.359. The van der Waals surface area contributed by atoms with E-state index in [2.05, 4.69) is 0 Å². The van der Waals surface area contributed by atoms with Gasteiger partial charge in [-0.1, -0.05) is 0 Å². The Hall–Kier alpha value is -1.13. The molecule has 1 aromatic heterocycles. The first-order valence-electron chi connectivity index (χ1n) is 6.93. The van der Waals surface area contributed by atoms with Gasteiger partial charge in [0.1, 0.15) is 0 Å². The van der Waals surface area contributed by atoms with Gasteiger partial charge in [-0.15, -0.1) is 23.2 Å². The smallest absolute Gasteiger partial charge is 0.336 e. The van der Waals surface area contributed by atoms with E-state index in [0.29, 0.717) is 6.61 Å². The molecule has 0 aliphatic carbocycles. The van der Waals surface area contributed by atoms with Crippen molar-refractivity contribution in [2.45, 2.75) is 37.9 Å². The summed E-state index contributed by atoms with van der Waals surface area (Å²) in [6.07, 6.45) is -2.52. The molecule has 2 heterocycles. The first-order valence-corrected chi connectivity index (χ1v) is 8.00. The van der Waals surface area contributed by atoms with E-state index in [1.165, 1.54) is 0 Å². The Kier molecular flexibility index (Phi) is 6.04. The zero-order valence-electron chi connectivity index (χ0n) is 12.1. The van der Waals surface area contributed by atoms with Crippen molar-refractivity contribution in [2.75, 3.05) is 18.4 Å². The van der Waals surface area contributed by atoms with E-state index in [1.54, 1.807) is 0 Å². The number of alkyl halides is 2. The van der Waals surface area contributed by atoms with E-state index in [9.17, 15) is 24.6 Å². The number of ether oxygens (including phenoxy) is 1. The van der Waals surface area contributed by atoms with Crippen LogP contribution in [0, 0.1) is 0 Å². The van der Waals surface area contributed by atoms with Gasteiger partial charge in [-0.3, -0.25) is 0 Å². The molecule has 0 bridgehead atoms. The van der Waals surface area contributed by atoms with Crippen molar-refractivity contribution in [3.8, 4) is 0 Å². The van der Waals surface area contributed by atoms with Crippen LogP contribution in [-0.4, -0.2) is 60.6 Å². The summed E-state index contributed by atoms with van der Waals surface area (Å²) in [7, 11) is 0. The number of epoxide rings is 1. The zero-order chi connectivity index (χ0) is 17.1. The summed E-state index contributed by atoms with van der Waals surface area (Å²) >= 11 is 11.0. The topological polar surface area (TPSA) is 119 Å². The normalized spacial score (nSPS) is 19.6. The molecule has 11 heteroatoms. The van der Waals surface area contributed by atoms with E-state index in [0.717, 1.165) is 13.7 Å². The Morgan fingerprint density at radius 3 is 1.70 bits per heavy atom. The molecule has 2 rings (SSSR count). The number of hydrogen-bond acceptors (Lipinski definition) is 6. The summed E-state index contributed by atoms with van der Waals surface area (Å²) in [4.78, 5) is 37.0. The fourth-order valence-corrected chi connectivity index (χ4v) is 2.24. The minimum atomic E-state index is -1.13. The van der Waals surface area contributed by atoms with Gasteiger partial charge in [0.2, 0.25) is 0 Å². The maximum Gasteiger partial charge on any atom is 0.336 e. The molecule has 2 N–H and O–H groups in total. The third-order valence-electron chi connectivity index (χ3n) is 3.32. The molecular formula is C12H17Cl2N3O6. The molecule has 0 amide bonds.